The number of thiophene rings is 1. The van der Waals surface area contributed by atoms with Crippen LogP contribution in [0, 0.1) is 5.82 Å². The summed E-state index contributed by atoms with van der Waals surface area (Å²) in [4.78, 5) is 11.0. The van der Waals surface area contributed by atoms with Gasteiger partial charge in [-0.25, -0.2) is 9.18 Å². The van der Waals surface area contributed by atoms with Crippen molar-refractivity contribution in [1.29, 1.82) is 0 Å². The van der Waals surface area contributed by atoms with Crippen LogP contribution in [0.2, 0.25) is 0 Å². The lowest BCUT2D eigenvalue weighted by molar-refractivity contribution is -0.137. The molecule has 2 aromatic rings. The third-order valence-electron chi connectivity index (χ3n) is 2.62. The van der Waals surface area contributed by atoms with Crippen LogP contribution >= 0.6 is 11.3 Å². The van der Waals surface area contributed by atoms with Crippen LogP contribution in [-0.4, -0.2) is 11.1 Å². The molecule has 106 valence electrons. The van der Waals surface area contributed by atoms with Gasteiger partial charge in [0.05, 0.1) is 5.56 Å². The molecule has 1 heterocycles. The van der Waals surface area contributed by atoms with E-state index < -0.39 is 23.5 Å². The molecule has 3 nitrogen and oxygen atoms in total. The number of nitrogens with two attached hydrogens (primary N) is 1. The molecular formula is C12H7F4NO2S. The van der Waals surface area contributed by atoms with E-state index >= 15 is 0 Å². The summed E-state index contributed by atoms with van der Waals surface area (Å²) in [5.74, 6) is -2.52. The molecule has 0 radical (unpaired) electrons. The van der Waals surface area contributed by atoms with Gasteiger partial charge in [-0.1, -0.05) is 6.07 Å². The van der Waals surface area contributed by atoms with Crippen LogP contribution in [0.15, 0.2) is 23.6 Å². The van der Waals surface area contributed by atoms with E-state index in [4.69, 9.17) is 10.8 Å². The van der Waals surface area contributed by atoms with Gasteiger partial charge >= 0.3 is 12.1 Å². The maximum Gasteiger partial charge on any atom is 0.416 e. The Morgan fingerprint density at radius 2 is 1.90 bits per heavy atom. The van der Waals surface area contributed by atoms with Crippen molar-refractivity contribution >= 4 is 22.3 Å². The Morgan fingerprint density at radius 3 is 2.40 bits per heavy atom. The van der Waals surface area contributed by atoms with Gasteiger partial charge in [-0.05, 0) is 12.1 Å². The number of hydrogen-bond donors (Lipinski definition) is 2. The minimum absolute atomic E-state index is 0.0354. The second-order valence-electron chi connectivity index (χ2n) is 3.89. The third kappa shape index (κ3) is 2.46. The standard InChI is InChI=1S/C12H7F4NO2S/c13-8-3-5(12(14,15)16)1-2-6(8)7-4-20-10(17)9(7)11(18)19/h1-4H,17H2,(H,18,19). The molecule has 0 atom stereocenters. The Balaban J connectivity index is 2.58. The number of aromatic carboxylic acids is 1. The Kier molecular flexibility index (Phi) is 3.43. The highest BCUT2D eigenvalue weighted by atomic mass is 32.1. The molecule has 0 aliphatic heterocycles. The molecule has 0 saturated heterocycles. The SMILES string of the molecule is Nc1scc(-c2ccc(C(F)(F)F)cc2F)c1C(=O)O. The first-order chi connectivity index (χ1) is 9.21. The zero-order valence-electron chi connectivity index (χ0n) is 9.66. The van der Waals surface area contributed by atoms with E-state index in [1.54, 1.807) is 0 Å². The van der Waals surface area contributed by atoms with Gasteiger partial charge in [-0.15, -0.1) is 11.3 Å². The first-order valence-electron chi connectivity index (χ1n) is 5.19. The number of alkyl halides is 3. The van der Waals surface area contributed by atoms with Crippen molar-refractivity contribution in [2.24, 2.45) is 0 Å². The summed E-state index contributed by atoms with van der Waals surface area (Å²) in [5.41, 5.74) is 3.74. The van der Waals surface area contributed by atoms with Gasteiger partial charge in [0.15, 0.2) is 0 Å². The molecule has 2 rings (SSSR count). The van der Waals surface area contributed by atoms with Gasteiger partial charge in [0.1, 0.15) is 16.4 Å². The number of anilines is 1. The summed E-state index contributed by atoms with van der Waals surface area (Å²) in [6.07, 6.45) is -4.66. The molecule has 0 bridgehead atoms. The average molecular weight is 305 g/mol. The zero-order valence-corrected chi connectivity index (χ0v) is 10.5. The highest BCUT2D eigenvalue weighted by Gasteiger charge is 2.31. The summed E-state index contributed by atoms with van der Waals surface area (Å²) in [6.45, 7) is 0. The van der Waals surface area contributed by atoms with E-state index in [1.165, 1.54) is 5.38 Å². The molecule has 20 heavy (non-hydrogen) atoms. The van der Waals surface area contributed by atoms with E-state index in [2.05, 4.69) is 0 Å². The first kappa shape index (κ1) is 14.3. The molecule has 1 aromatic heterocycles. The number of rotatable bonds is 2. The Hall–Kier alpha value is -2.09. The summed E-state index contributed by atoms with van der Waals surface area (Å²) < 4.78 is 51.1. The molecule has 1 aromatic carbocycles. The summed E-state index contributed by atoms with van der Waals surface area (Å²) in [5, 5.41) is 10.3. The van der Waals surface area contributed by atoms with Crippen LogP contribution in [0.1, 0.15) is 15.9 Å². The lowest BCUT2D eigenvalue weighted by Crippen LogP contribution is -2.06. The molecule has 0 spiro atoms. The molecule has 0 fully saturated rings. The molecule has 0 amide bonds. The monoisotopic (exact) mass is 305 g/mol. The van der Waals surface area contributed by atoms with E-state index in [0.29, 0.717) is 12.1 Å². The summed E-state index contributed by atoms with van der Waals surface area (Å²) in [7, 11) is 0. The number of halogens is 4. The van der Waals surface area contributed by atoms with Crippen molar-refractivity contribution in [3.63, 3.8) is 0 Å². The fourth-order valence-electron chi connectivity index (χ4n) is 1.70. The van der Waals surface area contributed by atoms with Crippen molar-refractivity contribution < 1.29 is 27.5 Å². The third-order valence-corrected chi connectivity index (χ3v) is 3.43. The van der Waals surface area contributed by atoms with Gasteiger partial charge in [-0.2, -0.15) is 13.2 Å². The molecule has 0 aliphatic rings. The van der Waals surface area contributed by atoms with Gasteiger partial charge < -0.3 is 10.8 Å². The Bertz CT molecular complexity index is 679. The fraction of sp³-hybridized carbons (Fsp3) is 0.0833. The van der Waals surface area contributed by atoms with E-state index in [0.717, 1.165) is 17.4 Å². The predicted octanol–water partition coefficient (Wildman–Crippen LogP) is 3.85. The van der Waals surface area contributed by atoms with Crippen molar-refractivity contribution in [2.75, 3.05) is 5.73 Å². The predicted molar refractivity (Wildman–Crippen MR) is 66.1 cm³/mol. The van der Waals surface area contributed by atoms with Crippen LogP contribution in [0.4, 0.5) is 22.6 Å². The first-order valence-corrected chi connectivity index (χ1v) is 6.07. The summed E-state index contributed by atoms with van der Waals surface area (Å²) in [6, 6.07) is 1.92. The molecule has 0 aliphatic carbocycles. The molecule has 3 N–H and O–H groups in total. The van der Waals surface area contributed by atoms with Crippen LogP contribution < -0.4 is 5.73 Å². The minimum atomic E-state index is -4.66. The van der Waals surface area contributed by atoms with E-state index in [1.807, 2.05) is 0 Å². The largest absolute Gasteiger partial charge is 0.478 e. The maximum absolute atomic E-state index is 13.8. The smallest absolute Gasteiger partial charge is 0.416 e. The van der Waals surface area contributed by atoms with Crippen molar-refractivity contribution in [3.05, 3.63) is 40.5 Å². The molecule has 8 heteroatoms. The molecule has 0 unspecified atom stereocenters. The molecular weight excluding hydrogens is 298 g/mol. The normalized spacial score (nSPS) is 11.6. The number of benzene rings is 1. The Labute approximate surface area is 114 Å². The average Bonchev–Trinajstić information content (AvgIpc) is 2.69. The van der Waals surface area contributed by atoms with Gasteiger partial charge in [0, 0.05) is 16.5 Å². The second-order valence-corrected chi connectivity index (χ2v) is 4.80. The number of nitrogen functional groups attached to an aromatic ring is 1. The lowest BCUT2D eigenvalue weighted by Gasteiger charge is -2.09. The van der Waals surface area contributed by atoms with E-state index in [-0.39, 0.29) is 21.7 Å². The quantitative estimate of drug-likeness (QED) is 0.828. The van der Waals surface area contributed by atoms with Crippen molar-refractivity contribution in [1.82, 2.24) is 0 Å². The van der Waals surface area contributed by atoms with Crippen LogP contribution in [0.3, 0.4) is 0 Å². The van der Waals surface area contributed by atoms with Crippen LogP contribution in [0.5, 0.6) is 0 Å². The topological polar surface area (TPSA) is 63.3 Å². The van der Waals surface area contributed by atoms with Crippen molar-refractivity contribution in [2.45, 2.75) is 6.18 Å². The highest BCUT2D eigenvalue weighted by molar-refractivity contribution is 7.14. The number of carbonyl (C=O) groups is 1. The fourth-order valence-corrected chi connectivity index (χ4v) is 2.51. The van der Waals surface area contributed by atoms with Crippen LogP contribution in [0.25, 0.3) is 11.1 Å². The minimum Gasteiger partial charge on any atom is -0.478 e. The van der Waals surface area contributed by atoms with Crippen LogP contribution in [-0.2, 0) is 6.18 Å². The highest BCUT2D eigenvalue weighted by Crippen LogP contribution is 2.37. The van der Waals surface area contributed by atoms with Gasteiger partial charge in [-0.3, -0.25) is 0 Å². The van der Waals surface area contributed by atoms with E-state index in [9.17, 15) is 22.4 Å². The maximum atomic E-state index is 13.8. The second kappa shape index (κ2) is 4.78. The van der Waals surface area contributed by atoms with Gasteiger partial charge in [0.2, 0.25) is 0 Å². The Morgan fingerprint density at radius 1 is 1.25 bits per heavy atom. The number of carboxylic acid groups (broad SMARTS) is 1. The number of hydrogen-bond acceptors (Lipinski definition) is 3. The van der Waals surface area contributed by atoms with Gasteiger partial charge in [0.25, 0.3) is 0 Å². The lowest BCUT2D eigenvalue weighted by atomic mass is 10.0. The molecule has 0 saturated carbocycles. The summed E-state index contributed by atoms with van der Waals surface area (Å²) >= 11 is 0.881. The van der Waals surface area contributed by atoms with Crippen molar-refractivity contribution in [3.8, 4) is 11.1 Å². The number of carboxylic acids is 1. The zero-order chi connectivity index (χ0) is 15.1.